The number of anilines is 1. The van der Waals surface area contributed by atoms with E-state index < -0.39 is 17.9 Å². The summed E-state index contributed by atoms with van der Waals surface area (Å²) in [6.45, 7) is 3.20. The third-order valence-corrected chi connectivity index (χ3v) is 2.68. The van der Waals surface area contributed by atoms with Crippen LogP contribution in [0.15, 0.2) is 29.8 Å². The van der Waals surface area contributed by atoms with Gasteiger partial charge in [-0.15, -0.1) is 0 Å². The Morgan fingerprint density at radius 2 is 1.65 bits per heavy atom. The molecular weight excluding hydrogens is 302 g/mol. The van der Waals surface area contributed by atoms with Crippen LogP contribution in [0.1, 0.15) is 19.4 Å². The van der Waals surface area contributed by atoms with Crippen LogP contribution in [0.5, 0.6) is 0 Å². The van der Waals surface area contributed by atoms with Crippen LogP contribution in [-0.2, 0) is 23.9 Å². The topological polar surface area (TPSA) is 102 Å². The first-order valence-corrected chi connectivity index (χ1v) is 7.10. The van der Waals surface area contributed by atoms with Gasteiger partial charge in [0.2, 0.25) is 0 Å². The second kappa shape index (κ2) is 9.24. The molecule has 1 aromatic rings. The van der Waals surface area contributed by atoms with Crippen molar-refractivity contribution < 1.29 is 29.0 Å². The summed E-state index contributed by atoms with van der Waals surface area (Å²) in [5.74, 6) is -2.61. The van der Waals surface area contributed by atoms with Gasteiger partial charge >= 0.3 is 17.9 Å². The summed E-state index contributed by atoms with van der Waals surface area (Å²) in [6.07, 6.45) is 1.32. The Balaban J connectivity index is 3.17. The molecular formula is C16H19NO6. The number of rotatable bonds is 8. The van der Waals surface area contributed by atoms with Gasteiger partial charge in [0.15, 0.2) is 0 Å². The van der Waals surface area contributed by atoms with E-state index in [-0.39, 0.29) is 25.3 Å². The van der Waals surface area contributed by atoms with E-state index in [4.69, 9.17) is 14.6 Å². The van der Waals surface area contributed by atoms with Crippen LogP contribution in [0, 0.1) is 0 Å². The lowest BCUT2D eigenvalue weighted by atomic mass is 10.1. The number of nitrogens with one attached hydrogen (secondary N) is 1. The SMILES string of the molecule is CCOC(=O)C(=Cc1ccccc1NCC(=O)O)C(=O)OCC. The van der Waals surface area contributed by atoms with Gasteiger partial charge in [-0.05, 0) is 31.6 Å². The molecule has 23 heavy (non-hydrogen) atoms. The van der Waals surface area contributed by atoms with Crippen molar-refractivity contribution in [2.45, 2.75) is 13.8 Å². The highest BCUT2D eigenvalue weighted by Gasteiger charge is 2.21. The monoisotopic (exact) mass is 321 g/mol. The van der Waals surface area contributed by atoms with Crippen LogP contribution in [0.2, 0.25) is 0 Å². The van der Waals surface area contributed by atoms with Gasteiger partial charge in [-0.25, -0.2) is 9.59 Å². The molecule has 0 spiro atoms. The van der Waals surface area contributed by atoms with Gasteiger partial charge in [-0.1, -0.05) is 18.2 Å². The average molecular weight is 321 g/mol. The normalized spacial score (nSPS) is 9.65. The molecule has 0 atom stereocenters. The van der Waals surface area contributed by atoms with Crippen molar-refractivity contribution in [3.8, 4) is 0 Å². The Kier molecular flexibility index (Phi) is 7.32. The number of esters is 2. The van der Waals surface area contributed by atoms with Crippen molar-refractivity contribution in [2.75, 3.05) is 25.1 Å². The molecule has 0 aliphatic heterocycles. The summed E-state index contributed by atoms with van der Waals surface area (Å²) in [6, 6.07) is 6.69. The second-order valence-electron chi connectivity index (χ2n) is 4.33. The minimum absolute atomic E-state index is 0.120. The zero-order valence-corrected chi connectivity index (χ0v) is 13.0. The zero-order chi connectivity index (χ0) is 17.2. The lowest BCUT2D eigenvalue weighted by Gasteiger charge is -2.10. The molecule has 7 heteroatoms. The molecule has 0 saturated heterocycles. The van der Waals surface area contributed by atoms with E-state index in [0.717, 1.165) is 0 Å². The fourth-order valence-electron chi connectivity index (χ4n) is 1.73. The maximum atomic E-state index is 11.9. The fraction of sp³-hybridized carbons (Fsp3) is 0.312. The quantitative estimate of drug-likeness (QED) is 0.325. The molecule has 1 rings (SSSR count). The minimum Gasteiger partial charge on any atom is -0.480 e. The predicted octanol–water partition coefficient (Wildman–Crippen LogP) is 1.69. The number of carbonyl (C=O) groups is 3. The largest absolute Gasteiger partial charge is 0.480 e. The van der Waals surface area contributed by atoms with Crippen LogP contribution in [0.25, 0.3) is 6.08 Å². The van der Waals surface area contributed by atoms with Crippen LogP contribution >= 0.6 is 0 Å². The van der Waals surface area contributed by atoms with Crippen molar-refractivity contribution in [3.05, 3.63) is 35.4 Å². The molecule has 0 unspecified atom stereocenters. The van der Waals surface area contributed by atoms with Gasteiger partial charge in [0.1, 0.15) is 12.1 Å². The number of carboxylic acid groups (broad SMARTS) is 1. The number of ether oxygens (including phenoxy) is 2. The van der Waals surface area contributed by atoms with Crippen LogP contribution in [0.4, 0.5) is 5.69 Å². The zero-order valence-electron chi connectivity index (χ0n) is 13.0. The number of para-hydroxylation sites is 1. The summed E-state index contributed by atoms with van der Waals surface area (Å²) in [4.78, 5) is 34.5. The van der Waals surface area contributed by atoms with Gasteiger partial charge in [-0.2, -0.15) is 0 Å². The fourth-order valence-corrected chi connectivity index (χ4v) is 1.73. The van der Waals surface area contributed by atoms with E-state index in [0.29, 0.717) is 11.3 Å². The van der Waals surface area contributed by atoms with Gasteiger partial charge < -0.3 is 19.9 Å². The lowest BCUT2D eigenvalue weighted by molar-refractivity contribution is -0.146. The highest BCUT2D eigenvalue weighted by molar-refractivity contribution is 6.18. The van der Waals surface area contributed by atoms with Gasteiger partial charge in [0, 0.05) is 5.69 Å². The number of benzene rings is 1. The summed E-state index contributed by atoms with van der Waals surface area (Å²) in [7, 11) is 0. The molecule has 0 amide bonds. The number of aliphatic carboxylic acids is 1. The lowest BCUT2D eigenvalue weighted by Crippen LogP contribution is -2.18. The smallest absolute Gasteiger partial charge is 0.345 e. The highest BCUT2D eigenvalue weighted by atomic mass is 16.6. The minimum atomic E-state index is -1.03. The van der Waals surface area contributed by atoms with Crippen LogP contribution in [0.3, 0.4) is 0 Å². The van der Waals surface area contributed by atoms with E-state index in [1.807, 2.05) is 0 Å². The van der Waals surface area contributed by atoms with Crippen LogP contribution < -0.4 is 5.32 Å². The molecule has 0 aliphatic carbocycles. The van der Waals surface area contributed by atoms with Crippen molar-refractivity contribution in [1.82, 2.24) is 0 Å². The molecule has 0 aliphatic rings. The molecule has 0 radical (unpaired) electrons. The Bertz CT molecular complexity index is 588. The van der Waals surface area contributed by atoms with Crippen molar-refractivity contribution >= 4 is 29.7 Å². The maximum absolute atomic E-state index is 11.9. The average Bonchev–Trinajstić information content (AvgIpc) is 2.51. The van der Waals surface area contributed by atoms with E-state index in [2.05, 4.69) is 5.32 Å². The standard InChI is InChI=1S/C16H19NO6/c1-3-22-15(20)12(16(21)23-4-2)9-11-7-5-6-8-13(11)17-10-14(18)19/h5-9,17H,3-4,10H2,1-2H3,(H,18,19). The van der Waals surface area contributed by atoms with Gasteiger partial charge in [-0.3, -0.25) is 4.79 Å². The Hall–Kier alpha value is -2.83. The summed E-state index contributed by atoms with van der Waals surface area (Å²) < 4.78 is 9.72. The van der Waals surface area contributed by atoms with E-state index in [1.165, 1.54) is 6.08 Å². The Labute approximate surface area is 133 Å². The Morgan fingerprint density at radius 1 is 1.09 bits per heavy atom. The van der Waals surface area contributed by atoms with E-state index in [1.54, 1.807) is 38.1 Å². The van der Waals surface area contributed by atoms with Crippen LogP contribution in [-0.4, -0.2) is 42.8 Å². The van der Waals surface area contributed by atoms with Gasteiger partial charge in [0.25, 0.3) is 0 Å². The summed E-state index contributed by atoms with van der Waals surface area (Å²) >= 11 is 0. The molecule has 7 nitrogen and oxygen atoms in total. The van der Waals surface area contributed by atoms with Crippen molar-refractivity contribution in [3.63, 3.8) is 0 Å². The second-order valence-corrected chi connectivity index (χ2v) is 4.33. The number of hydrogen-bond acceptors (Lipinski definition) is 6. The molecule has 0 saturated carbocycles. The number of hydrogen-bond donors (Lipinski definition) is 2. The molecule has 0 fully saturated rings. The predicted molar refractivity (Wildman–Crippen MR) is 83.8 cm³/mol. The molecule has 0 bridgehead atoms. The number of carboxylic acids is 1. The first kappa shape index (κ1) is 18.2. The molecule has 2 N–H and O–H groups in total. The van der Waals surface area contributed by atoms with Crippen molar-refractivity contribution in [2.24, 2.45) is 0 Å². The molecule has 124 valence electrons. The molecule has 1 aromatic carbocycles. The summed E-state index contributed by atoms with van der Waals surface area (Å²) in [5, 5.41) is 11.4. The first-order chi connectivity index (χ1) is 11.0. The maximum Gasteiger partial charge on any atom is 0.345 e. The molecule has 0 heterocycles. The molecule has 0 aromatic heterocycles. The van der Waals surface area contributed by atoms with Crippen molar-refractivity contribution in [1.29, 1.82) is 0 Å². The highest BCUT2D eigenvalue weighted by Crippen LogP contribution is 2.19. The summed E-state index contributed by atoms with van der Waals surface area (Å²) in [5.41, 5.74) is 0.698. The third kappa shape index (κ3) is 5.82. The number of carbonyl (C=O) groups excluding carboxylic acids is 2. The van der Waals surface area contributed by atoms with Gasteiger partial charge in [0.05, 0.1) is 13.2 Å². The van der Waals surface area contributed by atoms with E-state index in [9.17, 15) is 14.4 Å². The first-order valence-electron chi connectivity index (χ1n) is 7.10. The van der Waals surface area contributed by atoms with E-state index >= 15 is 0 Å². The Morgan fingerprint density at radius 3 is 2.17 bits per heavy atom. The third-order valence-electron chi connectivity index (χ3n) is 2.68.